The van der Waals surface area contributed by atoms with E-state index in [4.69, 9.17) is 9.47 Å². The molecule has 0 radical (unpaired) electrons. The van der Waals surface area contributed by atoms with Crippen LogP contribution in [0.15, 0.2) is 61.2 Å². The number of amides is 1. The second-order valence-electron chi connectivity index (χ2n) is 10.9. The quantitative estimate of drug-likeness (QED) is 0.420. The number of nitrogens with zero attached hydrogens (tertiary/aromatic N) is 3. The van der Waals surface area contributed by atoms with Crippen LogP contribution in [0.4, 0.5) is 4.39 Å². The van der Waals surface area contributed by atoms with Gasteiger partial charge in [0.25, 0.3) is 5.91 Å². The lowest BCUT2D eigenvalue weighted by Gasteiger charge is -2.40. The first-order valence-electron chi connectivity index (χ1n) is 14.1. The third-order valence-electron chi connectivity index (χ3n) is 8.37. The summed E-state index contributed by atoms with van der Waals surface area (Å²) < 4.78 is 28.0. The lowest BCUT2D eigenvalue weighted by atomic mass is 9.92. The summed E-state index contributed by atoms with van der Waals surface area (Å²) in [7, 11) is 0. The third-order valence-corrected chi connectivity index (χ3v) is 8.37. The van der Waals surface area contributed by atoms with Crippen molar-refractivity contribution in [1.29, 1.82) is 0 Å². The second-order valence-corrected chi connectivity index (χ2v) is 10.9. The molecule has 1 fully saturated rings. The van der Waals surface area contributed by atoms with E-state index in [0.29, 0.717) is 68.4 Å². The van der Waals surface area contributed by atoms with Crippen molar-refractivity contribution in [3.63, 3.8) is 0 Å². The summed E-state index contributed by atoms with van der Waals surface area (Å²) in [4.78, 5) is 30.8. The summed E-state index contributed by atoms with van der Waals surface area (Å²) in [5, 5.41) is 9.96. The molecule has 9 heteroatoms. The molecular formula is C32H34FN3O5. The first-order chi connectivity index (χ1) is 19.9. The molecule has 1 aromatic heterocycles. The van der Waals surface area contributed by atoms with Crippen LogP contribution in [0.3, 0.4) is 0 Å². The molecule has 214 valence electrons. The number of carbonyl (C=O) groups excluding carboxylic acids is 1. The molecule has 6 rings (SSSR count). The van der Waals surface area contributed by atoms with Crippen LogP contribution in [0.2, 0.25) is 0 Å². The standard InChI is InChI=1S/C32H34FN3O5/c1-2-11-41-25-16-29-28(32(38)39)17-30(36(29)20-25)27-15-23(33)7-8-26(27)31(37)35-18-22-6-4-3-5-21(22)14-24(35)19-34-9-12-40-13-10-34/h2-8,15,17,24-25H,1,9-14,16,18-20H2,(H,38,39)/t24-,25+/m0/s1. The van der Waals surface area contributed by atoms with Crippen molar-refractivity contribution in [2.45, 2.75) is 38.1 Å². The Bertz CT molecular complexity index is 1480. The minimum atomic E-state index is -1.06. The van der Waals surface area contributed by atoms with E-state index in [9.17, 15) is 19.1 Å². The number of rotatable bonds is 8. The first-order valence-corrected chi connectivity index (χ1v) is 14.1. The van der Waals surface area contributed by atoms with Gasteiger partial charge in [0.15, 0.2) is 0 Å². The maximum absolute atomic E-state index is 14.8. The van der Waals surface area contributed by atoms with Crippen LogP contribution in [0.25, 0.3) is 11.3 Å². The van der Waals surface area contributed by atoms with E-state index in [1.165, 1.54) is 23.8 Å². The van der Waals surface area contributed by atoms with Crippen LogP contribution < -0.4 is 0 Å². The number of halogens is 1. The lowest BCUT2D eigenvalue weighted by Crippen LogP contribution is -2.52. The highest BCUT2D eigenvalue weighted by molar-refractivity contribution is 6.02. The van der Waals surface area contributed by atoms with E-state index in [-0.39, 0.29) is 23.6 Å². The fraction of sp³-hybridized carbons (Fsp3) is 0.375. The molecule has 3 aromatic rings. The van der Waals surface area contributed by atoms with Crippen molar-refractivity contribution in [2.75, 3.05) is 39.5 Å². The Morgan fingerprint density at radius 2 is 1.85 bits per heavy atom. The fourth-order valence-corrected chi connectivity index (χ4v) is 6.37. The van der Waals surface area contributed by atoms with Gasteiger partial charge >= 0.3 is 5.97 Å². The zero-order valence-electron chi connectivity index (χ0n) is 22.9. The molecule has 3 aliphatic rings. The van der Waals surface area contributed by atoms with Gasteiger partial charge in [-0.25, -0.2) is 9.18 Å². The van der Waals surface area contributed by atoms with E-state index in [2.05, 4.69) is 23.6 Å². The van der Waals surface area contributed by atoms with Crippen molar-refractivity contribution in [3.8, 4) is 11.3 Å². The van der Waals surface area contributed by atoms with Gasteiger partial charge in [-0.2, -0.15) is 0 Å². The first kappa shape index (κ1) is 27.4. The summed E-state index contributed by atoms with van der Waals surface area (Å²) in [5.74, 6) is -1.75. The number of hydrogen-bond donors (Lipinski definition) is 1. The van der Waals surface area contributed by atoms with Gasteiger partial charge in [-0.15, -0.1) is 6.58 Å². The zero-order chi connectivity index (χ0) is 28.5. The normalized spacial score (nSPS) is 20.5. The summed E-state index contributed by atoms with van der Waals surface area (Å²) in [6.07, 6.45) is 2.56. The SMILES string of the molecule is C=CCO[C@@H]1Cc2c(C(=O)O)cc(-c3cc(F)ccc3C(=O)N3Cc4ccccc4C[C@H]3CN3CCOCC3)n2C1. The van der Waals surface area contributed by atoms with Crippen molar-refractivity contribution >= 4 is 11.9 Å². The Morgan fingerprint density at radius 1 is 1.07 bits per heavy atom. The average Bonchev–Trinajstić information content (AvgIpc) is 3.55. The van der Waals surface area contributed by atoms with Crippen LogP contribution in [-0.2, 0) is 35.4 Å². The topological polar surface area (TPSA) is 84.2 Å². The van der Waals surface area contributed by atoms with Gasteiger partial charge in [0.2, 0.25) is 0 Å². The van der Waals surface area contributed by atoms with Crippen molar-refractivity contribution < 1.29 is 28.6 Å². The Morgan fingerprint density at radius 3 is 2.61 bits per heavy atom. The molecule has 0 saturated carbocycles. The monoisotopic (exact) mass is 559 g/mol. The number of carboxylic acids is 1. The predicted molar refractivity (Wildman–Crippen MR) is 151 cm³/mol. The highest BCUT2D eigenvalue weighted by Crippen LogP contribution is 2.36. The van der Waals surface area contributed by atoms with Gasteiger partial charge in [-0.3, -0.25) is 9.69 Å². The number of fused-ring (bicyclic) bond motifs is 2. The number of hydrogen-bond acceptors (Lipinski definition) is 5. The van der Waals surface area contributed by atoms with Crippen LogP contribution in [0.5, 0.6) is 0 Å². The summed E-state index contributed by atoms with van der Waals surface area (Å²) in [6, 6.07) is 13.8. The Kier molecular flexibility index (Phi) is 7.75. The number of carbonyl (C=O) groups is 2. The molecule has 1 saturated heterocycles. The number of carboxylic acid groups (broad SMARTS) is 1. The second kappa shape index (κ2) is 11.6. The Balaban J connectivity index is 1.38. The molecule has 2 atom stereocenters. The van der Waals surface area contributed by atoms with Crippen LogP contribution in [-0.4, -0.2) is 83.0 Å². The molecule has 41 heavy (non-hydrogen) atoms. The highest BCUT2D eigenvalue weighted by atomic mass is 19.1. The molecule has 8 nitrogen and oxygen atoms in total. The van der Waals surface area contributed by atoms with Gasteiger partial charge in [-0.05, 0) is 41.8 Å². The zero-order valence-corrected chi connectivity index (χ0v) is 22.9. The molecule has 0 unspecified atom stereocenters. The van der Waals surface area contributed by atoms with Gasteiger partial charge in [0, 0.05) is 62.0 Å². The molecule has 2 aromatic carbocycles. The largest absolute Gasteiger partial charge is 0.478 e. The number of aromatic carboxylic acids is 1. The van der Waals surface area contributed by atoms with Crippen molar-refractivity contribution in [2.24, 2.45) is 0 Å². The van der Waals surface area contributed by atoms with E-state index < -0.39 is 11.8 Å². The van der Waals surface area contributed by atoms with Gasteiger partial charge in [-0.1, -0.05) is 30.3 Å². The minimum Gasteiger partial charge on any atom is -0.478 e. The molecule has 0 aliphatic carbocycles. The molecule has 1 amide bonds. The maximum Gasteiger partial charge on any atom is 0.337 e. The average molecular weight is 560 g/mol. The summed E-state index contributed by atoms with van der Waals surface area (Å²) >= 11 is 0. The van der Waals surface area contributed by atoms with Crippen LogP contribution in [0.1, 0.15) is 37.5 Å². The predicted octanol–water partition coefficient (Wildman–Crippen LogP) is 4.02. The van der Waals surface area contributed by atoms with E-state index in [1.54, 1.807) is 12.1 Å². The van der Waals surface area contributed by atoms with Crippen molar-refractivity contribution in [3.05, 3.63) is 95.0 Å². The number of benzene rings is 2. The number of aromatic nitrogens is 1. The Hall–Kier alpha value is -3.79. The lowest BCUT2D eigenvalue weighted by molar-refractivity contribution is 0.0193. The molecule has 4 heterocycles. The maximum atomic E-state index is 14.8. The Labute approximate surface area is 238 Å². The smallest absolute Gasteiger partial charge is 0.337 e. The summed E-state index contributed by atoms with van der Waals surface area (Å²) in [6.45, 7) is 8.57. The van der Waals surface area contributed by atoms with E-state index in [1.807, 2.05) is 21.6 Å². The van der Waals surface area contributed by atoms with Crippen molar-refractivity contribution in [1.82, 2.24) is 14.4 Å². The number of ether oxygens (including phenoxy) is 2. The number of morpholine rings is 1. The van der Waals surface area contributed by atoms with Crippen LogP contribution in [0, 0.1) is 5.82 Å². The van der Waals surface area contributed by atoms with Gasteiger partial charge in [0.05, 0.1) is 37.2 Å². The molecule has 0 spiro atoms. The molecular weight excluding hydrogens is 525 g/mol. The molecule has 3 aliphatic heterocycles. The fourth-order valence-electron chi connectivity index (χ4n) is 6.37. The molecule has 0 bridgehead atoms. The van der Waals surface area contributed by atoms with Gasteiger partial charge < -0.3 is 24.0 Å². The minimum absolute atomic E-state index is 0.0716. The molecule has 1 N–H and O–H groups in total. The van der Waals surface area contributed by atoms with Gasteiger partial charge in [0.1, 0.15) is 5.82 Å². The van der Waals surface area contributed by atoms with E-state index >= 15 is 0 Å². The highest BCUT2D eigenvalue weighted by Gasteiger charge is 2.35. The third kappa shape index (κ3) is 5.45. The van der Waals surface area contributed by atoms with E-state index in [0.717, 1.165) is 25.1 Å². The van der Waals surface area contributed by atoms with Crippen LogP contribution >= 0.6 is 0 Å². The summed E-state index contributed by atoms with van der Waals surface area (Å²) in [5.41, 5.74) is 4.33.